The molecular weight excluding hydrogens is 266 g/mol. The topological polar surface area (TPSA) is 77.1 Å². The summed E-state index contributed by atoms with van der Waals surface area (Å²) < 4.78 is 5.44. The predicted molar refractivity (Wildman–Crippen MR) is 69.3 cm³/mol. The van der Waals surface area contributed by atoms with Gasteiger partial charge >= 0.3 is 0 Å². The molecule has 1 unspecified atom stereocenters. The van der Waals surface area contributed by atoms with Gasteiger partial charge in [-0.15, -0.1) is 0 Å². The van der Waals surface area contributed by atoms with Crippen LogP contribution in [0.15, 0.2) is 24.3 Å². The van der Waals surface area contributed by atoms with Crippen LogP contribution in [0, 0.1) is 22.7 Å². The molecule has 19 heavy (non-hydrogen) atoms. The lowest BCUT2D eigenvalue weighted by Gasteiger charge is -2.21. The van der Waals surface area contributed by atoms with Gasteiger partial charge in [0.05, 0.1) is 12.1 Å². The highest BCUT2D eigenvalue weighted by atomic mass is 35.5. The Kier molecular flexibility index (Phi) is 5.66. The molecule has 5 nitrogen and oxygen atoms in total. The van der Waals surface area contributed by atoms with Crippen molar-refractivity contribution < 1.29 is 9.53 Å². The third-order valence-electron chi connectivity index (χ3n) is 2.29. The molecule has 0 saturated heterocycles. The third kappa shape index (κ3) is 4.50. The minimum atomic E-state index is -0.792. The van der Waals surface area contributed by atoms with Crippen LogP contribution in [0.2, 0.25) is 5.02 Å². The van der Waals surface area contributed by atoms with Crippen molar-refractivity contribution in [3.63, 3.8) is 0 Å². The third-order valence-corrected chi connectivity index (χ3v) is 2.53. The fourth-order valence-corrected chi connectivity index (χ4v) is 1.61. The summed E-state index contributed by atoms with van der Waals surface area (Å²) >= 11 is 5.81. The second kappa shape index (κ2) is 7.25. The highest BCUT2D eigenvalue weighted by Gasteiger charge is 2.21. The van der Waals surface area contributed by atoms with E-state index >= 15 is 0 Å². The van der Waals surface area contributed by atoms with E-state index in [0.717, 1.165) is 4.90 Å². The number of carbonyl (C=O) groups excluding carboxylic acids is 1. The molecule has 0 heterocycles. The van der Waals surface area contributed by atoms with Crippen LogP contribution in [0.1, 0.15) is 6.92 Å². The lowest BCUT2D eigenvalue weighted by molar-refractivity contribution is -0.136. The number of nitriles is 2. The van der Waals surface area contributed by atoms with Gasteiger partial charge in [0.2, 0.25) is 0 Å². The van der Waals surface area contributed by atoms with Crippen LogP contribution < -0.4 is 4.74 Å². The van der Waals surface area contributed by atoms with Crippen LogP contribution in [0.25, 0.3) is 0 Å². The molecule has 98 valence electrons. The van der Waals surface area contributed by atoms with Gasteiger partial charge in [0, 0.05) is 5.02 Å². The molecule has 0 aromatic heterocycles. The second-order valence-electron chi connectivity index (χ2n) is 3.73. The van der Waals surface area contributed by atoms with Crippen LogP contribution in [-0.4, -0.2) is 30.0 Å². The summed E-state index contributed by atoms with van der Waals surface area (Å²) in [5, 5.41) is 17.7. The van der Waals surface area contributed by atoms with E-state index in [1.54, 1.807) is 31.2 Å². The van der Waals surface area contributed by atoms with Gasteiger partial charge in [-0.1, -0.05) is 17.7 Å². The van der Waals surface area contributed by atoms with Crippen LogP contribution >= 0.6 is 11.6 Å². The Morgan fingerprint density at radius 3 is 2.58 bits per heavy atom. The van der Waals surface area contributed by atoms with Crippen LogP contribution in [0.3, 0.4) is 0 Å². The van der Waals surface area contributed by atoms with Crippen molar-refractivity contribution in [1.29, 1.82) is 10.5 Å². The SMILES string of the molecule is CC(Oc1cccc(Cl)c1)C(=O)N(CC#N)CC#N. The van der Waals surface area contributed by atoms with Gasteiger partial charge in [0.15, 0.2) is 6.10 Å². The summed E-state index contributed by atoms with van der Waals surface area (Å²) in [6.07, 6.45) is -0.792. The van der Waals surface area contributed by atoms with Gasteiger partial charge in [-0.25, -0.2) is 0 Å². The largest absolute Gasteiger partial charge is 0.481 e. The zero-order valence-corrected chi connectivity index (χ0v) is 11.1. The molecule has 0 radical (unpaired) electrons. The second-order valence-corrected chi connectivity index (χ2v) is 4.16. The van der Waals surface area contributed by atoms with E-state index in [-0.39, 0.29) is 13.1 Å². The minimum Gasteiger partial charge on any atom is -0.481 e. The Hall–Kier alpha value is -2.24. The average Bonchev–Trinajstić information content (AvgIpc) is 2.37. The fraction of sp³-hybridized carbons (Fsp3) is 0.308. The first-order chi connectivity index (χ1) is 9.08. The fourth-order valence-electron chi connectivity index (χ4n) is 1.43. The number of amides is 1. The highest BCUT2D eigenvalue weighted by molar-refractivity contribution is 6.30. The first-order valence-electron chi connectivity index (χ1n) is 5.53. The molecule has 1 rings (SSSR count). The molecular formula is C13H12ClN3O2. The number of rotatable bonds is 5. The number of nitrogens with zero attached hydrogens (tertiary/aromatic N) is 3. The van der Waals surface area contributed by atoms with Crippen molar-refractivity contribution in [2.24, 2.45) is 0 Å². The Balaban J connectivity index is 2.71. The zero-order valence-electron chi connectivity index (χ0n) is 10.3. The molecule has 0 aliphatic carbocycles. The summed E-state index contributed by atoms with van der Waals surface area (Å²) in [6, 6.07) is 10.3. The van der Waals surface area contributed by atoms with Crippen molar-refractivity contribution in [1.82, 2.24) is 4.90 Å². The Morgan fingerprint density at radius 2 is 2.05 bits per heavy atom. The molecule has 0 bridgehead atoms. The average molecular weight is 278 g/mol. The number of hydrogen-bond donors (Lipinski definition) is 0. The maximum atomic E-state index is 12.0. The maximum Gasteiger partial charge on any atom is 0.265 e. The number of halogens is 1. The highest BCUT2D eigenvalue weighted by Crippen LogP contribution is 2.18. The molecule has 0 saturated carbocycles. The summed E-state index contributed by atoms with van der Waals surface area (Å²) in [5.74, 6) is 0.0466. The van der Waals surface area contributed by atoms with E-state index in [2.05, 4.69) is 0 Å². The van der Waals surface area contributed by atoms with Crippen LogP contribution in [0.4, 0.5) is 0 Å². The normalized spacial score (nSPS) is 10.9. The smallest absolute Gasteiger partial charge is 0.265 e. The van der Waals surface area contributed by atoms with Crippen molar-refractivity contribution in [3.8, 4) is 17.9 Å². The number of hydrogen-bond acceptors (Lipinski definition) is 4. The number of benzene rings is 1. The molecule has 1 amide bonds. The van der Waals surface area contributed by atoms with Gasteiger partial charge in [0.1, 0.15) is 18.8 Å². The molecule has 0 fully saturated rings. The van der Waals surface area contributed by atoms with Crippen LogP contribution in [0.5, 0.6) is 5.75 Å². The monoisotopic (exact) mass is 277 g/mol. The lowest BCUT2D eigenvalue weighted by Crippen LogP contribution is -2.40. The Morgan fingerprint density at radius 1 is 1.42 bits per heavy atom. The van der Waals surface area contributed by atoms with Gasteiger partial charge in [0.25, 0.3) is 5.91 Å². The van der Waals surface area contributed by atoms with E-state index in [9.17, 15) is 4.79 Å². The lowest BCUT2D eigenvalue weighted by atomic mass is 10.3. The predicted octanol–water partition coefficient (Wildman–Crippen LogP) is 1.98. The van der Waals surface area contributed by atoms with Crippen molar-refractivity contribution in [3.05, 3.63) is 29.3 Å². The maximum absolute atomic E-state index is 12.0. The standard InChI is InChI=1S/C13H12ClN3O2/c1-10(13(18)17(7-5-15)8-6-16)19-12-4-2-3-11(14)9-12/h2-4,9-10H,7-8H2,1H3. The van der Waals surface area contributed by atoms with E-state index in [1.807, 2.05) is 12.1 Å². The Labute approximate surface area is 116 Å². The van der Waals surface area contributed by atoms with E-state index in [4.69, 9.17) is 26.9 Å². The minimum absolute atomic E-state index is 0.143. The van der Waals surface area contributed by atoms with Gasteiger partial charge in [-0.2, -0.15) is 10.5 Å². The number of ether oxygens (including phenoxy) is 1. The first kappa shape index (κ1) is 14.8. The first-order valence-corrected chi connectivity index (χ1v) is 5.91. The zero-order chi connectivity index (χ0) is 14.3. The molecule has 0 spiro atoms. The molecule has 0 aliphatic rings. The van der Waals surface area contributed by atoms with E-state index in [1.165, 1.54) is 0 Å². The summed E-state index contributed by atoms with van der Waals surface area (Å²) in [6.45, 7) is 1.27. The quantitative estimate of drug-likeness (QED) is 0.771. The molecule has 1 atom stereocenters. The van der Waals surface area contributed by atoms with Crippen molar-refractivity contribution >= 4 is 17.5 Å². The molecule has 0 aliphatic heterocycles. The molecule has 1 aromatic carbocycles. The van der Waals surface area contributed by atoms with Gasteiger partial charge < -0.3 is 9.64 Å². The van der Waals surface area contributed by atoms with E-state index < -0.39 is 12.0 Å². The summed E-state index contributed by atoms with van der Waals surface area (Å²) in [7, 11) is 0. The molecule has 1 aromatic rings. The Bertz CT molecular complexity index is 517. The van der Waals surface area contributed by atoms with Gasteiger partial charge in [-0.05, 0) is 25.1 Å². The van der Waals surface area contributed by atoms with Crippen LogP contribution in [-0.2, 0) is 4.79 Å². The number of carbonyl (C=O) groups is 1. The molecule has 6 heteroatoms. The van der Waals surface area contributed by atoms with Crippen molar-refractivity contribution in [2.75, 3.05) is 13.1 Å². The molecule has 0 N–H and O–H groups in total. The summed E-state index contributed by atoms with van der Waals surface area (Å²) in [5.41, 5.74) is 0. The van der Waals surface area contributed by atoms with E-state index in [0.29, 0.717) is 10.8 Å². The van der Waals surface area contributed by atoms with Crippen molar-refractivity contribution in [2.45, 2.75) is 13.0 Å². The van der Waals surface area contributed by atoms with Gasteiger partial charge in [-0.3, -0.25) is 4.79 Å². The summed E-state index contributed by atoms with van der Waals surface area (Å²) in [4.78, 5) is 13.1.